The van der Waals surface area contributed by atoms with Crippen LogP contribution in [0.25, 0.3) is 0 Å². The van der Waals surface area contributed by atoms with Crippen molar-refractivity contribution in [1.29, 1.82) is 0 Å². The first-order valence-corrected chi connectivity index (χ1v) is 5.57. The van der Waals surface area contributed by atoms with Gasteiger partial charge in [0.15, 0.2) is 5.79 Å². The summed E-state index contributed by atoms with van der Waals surface area (Å²) in [6, 6.07) is 0. The average molecular weight is 213 g/mol. The molecule has 4 nitrogen and oxygen atoms in total. The summed E-state index contributed by atoms with van der Waals surface area (Å²) in [4.78, 5) is 11.5. The average Bonchev–Trinajstić information content (AvgIpc) is 2.77. The second-order valence-corrected chi connectivity index (χ2v) is 5.02. The van der Waals surface area contributed by atoms with Gasteiger partial charge in [0.05, 0.1) is 6.61 Å². The summed E-state index contributed by atoms with van der Waals surface area (Å²) < 4.78 is 11.0. The molecule has 0 aromatic heterocycles. The smallest absolute Gasteiger partial charge is 0.223 e. The van der Waals surface area contributed by atoms with E-state index in [1.807, 2.05) is 13.8 Å². The molecule has 2 rings (SSSR count). The van der Waals surface area contributed by atoms with Gasteiger partial charge in [0, 0.05) is 12.5 Å². The maximum absolute atomic E-state index is 11.5. The lowest BCUT2D eigenvalue weighted by Crippen LogP contribution is -2.35. The Bertz CT molecular complexity index is 265. The summed E-state index contributed by atoms with van der Waals surface area (Å²) in [5.74, 6) is 0.459. The first kappa shape index (κ1) is 10.9. The van der Waals surface area contributed by atoms with E-state index in [4.69, 9.17) is 9.47 Å². The van der Waals surface area contributed by atoms with Gasteiger partial charge in [-0.05, 0) is 26.2 Å². The van der Waals surface area contributed by atoms with Crippen molar-refractivity contribution in [3.8, 4) is 0 Å². The molecule has 1 N–H and O–H groups in total. The molecule has 2 fully saturated rings. The quantitative estimate of drug-likeness (QED) is 0.758. The predicted molar refractivity (Wildman–Crippen MR) is 55.2 cm³/mol. The van der Waals surface area contributed by atoms with E-state index in [2.05, 4.69) is 12.2 Å². The van der Waals surface area contributed by atoms with E-state index in [1.54, 1.807) is 0 Å². The summed E-state index contributed by atoms with van der Waals surface area (Å²) in [6.07, 6.45) is 1.03. The molecule has 1 saturated carbocycles. The summed E-state index contributed by atoms with van der Waals surface area (Å²) >= 11 is 0. The number of carbonyl (C=O) groups is 1. The topological polar surface area (TPSA) is 47.6 Å². The number of amides is 1. The van der Waals surface area contributed by atoms with E-state index in [1.165, 1.54) is 0 Å². The second-order valence-electron chi connectivity index (χ2n) is 5.02. The largest absolute Gasteiger partial charge is 0.353 e. The molecule has 1 heterocycles. The van der Waals surface area contributed by atoms with Gasteiger partial charge in [-0.15, -0.1) is 0 Å². The molecule has 0 aromatic rings. The Morgan fingerprint density at radius 1 is 1.53 bits per heavy atom. The molecule has 0 spiro atoms. The van der Waals surface area contributed by atoms with Crippen LogP contribution >= 0.6 is 0 Å². The van der Waals surface area contributed by atoms with Gasteiger partial charge < -0.3 is 14.8 Å². The molecule has 2 aliphatic rings. The molecule has 0 aromatic carbocycles. The number of carbonyl (C=O) groups excluding carboxylic acids is 1. The van der Waals surface area contributed by atoms with E-state index in [-0.39, 0.29) is 17.9 Å². The molecule has 3 atom stereocenters. The van der Waals surface area contributed by atoms with Crippen LogP contribution < -0.4 is 5.32 Å². The van der Waals surface area contributed by atoms with Crippen molar-refractivity contribution < 1.29 is 14.3 Å². The number of nitrogens with one attached hydrogen (secondary N) is 1. The van der Waals surface area contributed by atoms with E-state index in [0.29, 0.717) is 19.1 Å². The third-order valence-corrected chi connectivity index (χ3v) is 3.02. The summed E-state index contributed by atoms with van der Waals surface area (Å²) in [7, 11) is 0. The number of ether oxygens (including phenoxy) is 2. The van der Waals surface area contributed by atoms with Gasteiger partial charge in [-0.2, -0.15) is 0 Å². The van der Waals surface area contributed by atoms with Gasteiger partial charge in [0.25, 0.3) is 0 Å². The van der Waals surface area contributed by atoms with Crippen molar-refractivity contribution in [2.75, 3.05) is 13.2 Å². The van der Waals surface area contributed by atoms with Gasteiger partial charge in [0.1, 0.15) is 6.10 Å². The molecule has 0 radical (unpaired) electrons. The highest BCUT2D eigenvalue weighted by atomic mass is 16.7. The third kappa shape index (κ3) is 2.69. The first-order chi connectivity index (χ1) is 6.98. The van der Waals surface area contributed by atoms with E-state index in [0.717, 1.165) is 6.42 Å². The van der Waals surface area contributed by atoms with Crippen molar-refractivity contribution in [2.45, 2.75) is 39.1 Å². The molecule has 1 aliphatic heterocycles. The maximum atomic E-state index is 11.5. The molecule has 1 amide bonds. The van der Waals surface area contributed by atoms with Crippen LogP contribution in [0.2, 0.25) is 0 Å². The monoisotopic (exact) mass is 213 g/mol. The Kier molecular flexibility index (Phi) is 2.73. The molecule has 0 bridgehead atoms. The highest BCUT2D eigenvalue weighted by Gasteiger charge is 2.39. The zero-order chi connectivity index (χ0) is 11.1. The fourth-order valence-corrected chi connectivity index (χ4v) is 1.90. The molecule has 1 saturated heterocycles. The predicted octanol–water partition coefficient (Wildman–Crippen LogP) is 0.910. The highest BCUT2D eigenvalue weighted by Crippen LogP contribution is 2.37. The Labute approximate surface area is 90.3 Å². The van der Waals surface area contributed by atoms with Crippen LogP contribution in [0.15, 0.2) is 0 Å². The van der Waals surface area contributed by atoms with Gasteiger partial charge in [-0.3, -0.25) is 4.79 Å². The summed E-state index contributed by atoms with van der Waals surface area (Å²) in [5.41, 5.74) is 0. The van der Waals surface area contributed by atoms with E-state index >= 15 is 0 Å². The van der Waals surface area contributed by atoms with Crippen molar-refractivity contribution >= 4 is 5.91 Å². The molecule has 3 unspecified atom stereocenters. The minimum absolute atomic E-state index is 0.00185. The van der Waals surface area contributed by atoms with Gasteiger partial charge in [-0.1, -0.05) is 6.92 Å². The lowest BCUT2D eigenvalue weighted by molar-refractivity contribution is -0.139. The van der Waals surface area contributed by atoms with Crippen LogP contribution in [0, 0.1) is 11.8 Å². The Morgan fingerprint density at radius 3 is 2.67 bits per heavy atom. The minimum atomic E-state index is -0.498. The van der Waals surface area contributed by atoms with Crippen LogP contribution in [-0.2, 0) is 14.3 Å². The Balaban J connectivity index is 1.68. The first-order valence-electron chi connectivity index (χ1n) is 5.57. The lowest BCUT2D eigenvalue weighted by Gasteiger charge is -2.17. The van der Waals surface area contributed by atoms with Crippen LogP contribution in [-0.4, -0.2) is 30.9 Å². The van der Waals surface area contributed by atoms with E-state index < -0.39 is 5.79 Å². The number of hydrogen-bond donors (Lipinski definition) is 1. The van der Waals surface area contributed by atoms with Crippen LogP contribution in [0.5, 0.6) is 0 Å². The zero-order valence-corrected chi connectivity index (χ0v) is 9.58. The van der Waals surface area contributed by atoms with Crippen molar-refractivity contribution in [3.63, 3.8) is 0 Å². The minimum Gasteiger partial charge on any atom is -0.353 e. The standard InChI is InChI=1S/C11H19NO3/c1-7-4-9(7)10(13)12-5-8-6-14-11(2,3)15-8/h7-9H,4-6H2,1-3H3,(H,12,13). The van der Waals surface area contributed by atoms with Gasteiger partial charge in [0.2, 0.25) is 5.91 Å². The van der Waals surface area contributed by atoms with E-state index in [9.17, 15) is 4.79 Å². The third-order valence-electron chi connectivity index (χ3n) is 3.02. The Morgan fingerprint density at radius 2 is 2.20 bits per heavy atom. The molecule has 86 valence electrons. The summed E-state index contributed by atoms with van der Waals surface area (Å²) in [6.45, 7) is 7.00. The molecule has 1 aliphatic carbocycles. The van der Waals surface area contributed by atoms with Crippen LogP contribution in [0.1, 0.15) is 27.2 Å². The highest BCUT2D eigenvalue weighted by molar-refractivity contribution is 5.81. The maximum Gasteiger partial charge on any atom is 0.223 e. The van der Waals surface area contributed by atoms with Gasteiger partial charge >= 0.3 is 0 Å². The van der Waals surface area contributed by atoms with Crippen molar-refractivity contribution in [1.82, 2.24) is 5.32 Å². The Hall–Kier alpha value is -0.610. The fraction of sp³-hybridized carbons (Fsp3) is 0.909. The SMILES string of the molecule is CC1CC1C(=O)NCC1COC(C)(C)O1. The van der Waals surface area contributed by atoms with Crippen LogP contribution in [0.3, 0.4) is 0 Å². The lowest BCUT2D eigenvalue weighted by atomic mass is 10.3. The van der Waals surface area contributed by atoms with Crippen molar-refractivity contribution in [2.24, 2.45) is 11.8 Å². The molecular weight excluding hydrogens is 194 g/mol. The number of rotatable bonds is 3. The molecule has 15 heavy (non-hydrogen) atoms. The second kappa shape index (κ2) is 3.76. The molecule has 4 heteroatoms. The van der Waals surface area contributed by atoms with Crippen molar-refractivity contribution in [3.05, 3.63) is 0 Å². The number of hydrogen-bond acceptors (Lipinski definition) is 3. The van der Waals surface area contributed by atoms with Crippen LogP contribution in [0.4, 0.5) is 0 Å². The summed E-state index contributed by atoms with van der Waals surface area (Å²) in [5, 5.41) is 2.91. The molecular formula is C11H19NO3. The van der Waals surface area contributed by atoms with Gasteiger partial charge in [-0.25, -0.2) is 0 Å². The fourth-order valence-electron chi connectivity index (χ4n) is 1.90. The zero-order valence-electron chi connectivity index (χ0n) is 9.58. The normalized spacial score (nSPS) is 37.7.